The Balaban J connectivity index is 1.43. The van der Waals surface area contributed by atoms with Gasteiger partial charge in [0.05, 0.1) is 24.8 Å². The summed E-state index contributed by atoms with van der Waals surface area (Å²) < 4.78 is 10.9. The van der Waals surface area contributed by atoms with Gasteiger partial charge in [0.25, 0.3) is 0 Å². The first-order valence-electron chi connectivity index (χ1n) is 10.2. The first-order chi connectivity index (χ1) is 14.7. The van der Waals surface area contributed by atoms with Crippen LogP contribution in [0.2, 0.25) is 0 Å². The van der Waals surface area contributed by atoms with Gasteiger partial charge in [-0.3, -0.25) is 9.69 Å². The van der Waals surface area contributed by atoms with Gasteiger partial charge in [0.15, 0.2) is 11.6 Å². The Bertz CT molecular complexity index is 1020. The van der Waals surface area contributed by atoms with Gasteiger partial charge in [-0.1, -0.05) is 12.1 Å². The highest BCUT2D eigenvalue weighted by molar-refractivity contribution is 5.96. The van der Waals surface area contributed by atoms with E-state index < -0.39 is 0 Å². The van der Waals surface area contributed by atoms with Gasteiger partial charge in [-0.2, -0.15) is 0 Å². The van der Waals surface area contributed by atoms with Crippen molar-refractivity contribution in [3.8, 4) is 11.5 Å². The molecule has 3 aromatic rings. The summed E-state index contributed by atoms with van der Waals surface area (Å²) in [6.07, 6.45) is 1.90. The first-order valence-corrected chi connectivity index (χ1v) is 10.2. The van der Waals surface area contributed by atoms with E-state index in [0.29, 0.717) is 31.8 Å². The molecule has 1 amide bonds. The number of benzene rings is 2. The van der Waals surface area contributed by atoms with Crippen molar-refractivity contribution in [3.63, 3.8) is 0 Å². The number of nitrogens with zero attached hydrogens (tertiary/aromatic N) is 4. The van der Waals surface area contributed by atoms with Crippen molar-refractivity contribution in [3.05, 3.63) is 48.5 Å². The van der Waals surface area contributed by atoms with Crippen molar-refractivity contribution in [2.75, 3.05) is 43.7 Å². The van der Waals surface area contributed by atoms with Crippen LogP contribution in [0, 0.1) is 0 Å². The number of aromatic nitrogens is 2. The Morgan fingerprint density at radius 1 is 0.967 bits per heavy atom. The van der Waals surface area contributed by atoms with Crippen LogP contribution in [0.25, 0.3) is 11.0 Å². The molecule has 7 heteroatoms. The Labute approximate surface area is 176 Å². The highest BCUT2D eigenvalue weighted by Gasteiger charge is 2.26. The summed E-state index contributed by atoms with van der Waals surface area (Å²) in [5.74, 6) is 3.01. The van der Waals surface area contributed by atoms with Crippen LogP contribution in [0.3, 0.4) is 0 Å². The minimum absolute atomic E-state index is 0.0504. The molecule has 0 radical (unpaired) electrons. The predicted octanol–water partition coefficient (Wildman–Crippen LogP) is 3.67. The SMILES string of the molecule is COc1ccc(OCCCC(=O)N2CCCN(C)c3nc4ccccc4nc32)cc1. The van der Waals surface area contributed by atoms with E-state index in [9.17, 15) is 4.79 Å². The van der Waals surface area contributed by atoms with Gasteiger partial charge in [-0.15, -0.1) is 0 Å². The lowest BCUT2D eigenvalue weighted by atomic mass is 10.2. The molecule has 0 saturated carbocycles. The normalized spacial score (nSPS) is 13.7. The van der Waals surface area contributed by atoms with Crippen molar-refractivity contribution in [2.45, 2.75) is 19.3 Å². The second-order valence-electron chi connectivity index (χ2n) is 7.31. The van der Waals surface area contributed by atoms with Crippen LogP contribution in [0.15, 0.2) is 48.5 Å². The lowest BCUT2D eigenvalue weighted by molar-refractivity contribution is -0.118. The molecule has 0 fully saturated rings. The number of methoxy groups -OCH3 is 1. The number of amides is 1. The molecule has 7 nitrogen and oxygen atoms in total. The minimum atomic E-state index is 0.0504. The molecule has 1 aliphatic heterocycles. The molecule has 2 heterocycles. The smallest absolute Gasteiger partial charge is 0.228 e. The molecule has 0 aliphatic carbocycles. The van der Waals surface area contributed by atoms with Crippen molar-refractivity contribution in [1.82, 2.24) is 9.97 Å². The van der Waals surface area contributed by atoms with E-state index >= 15 is 0 Å². The van der Waals surface area contributed by atoms with Gasteiger partial charge in [0.2, 0.25) is 5.91 Å². The number of para-hydroxylation sites is 2. The molecule has 0 N–H and O–H groups in total. The van der Waals surface area contributed by atoms with Crippen molar-refractivity contribution in [2.24, 2.45) is 0 Å². The van der Waals surface area contributed by atoms with E-state index in [1.54, 1.807) is 12.0 Å². The maximum atomic E-state index is 13.0. The molecular weight excluding hydrogens is 380 g/mol. The number of ether oxygens (including phenoxy) is 2. The molecule has 156 valence electrons. The lowest BCUT2D eigenvalue weighted by Gasteiger charge is -2.23. The molecule has 1 aromatic heterocycles. The standard InChI is InChI=1S/C23H26N4O3/c1-26-14-6-15-27(23-22(26)24-19-7-3-4-8-20(19)25-23)21(28)9-5-16-30-18-12-10-17(29-2)11-13-18/h3-4,7-8,10-13H,5-6,9,14-16H2,1-2H3. The maximum absolute atomic E-state index is 13.0. The summed E-state index contributed by atoms with van der Waals surface area (Å²) in [7, 11) is 3.63. The molecule has 4 rings (SSSR count). The molecule has 2 aromatic carbocycles. The third-order valence-electron chi connectivity index (χ3n) is 5.19. The van der Waals surface area contributed by atoms with Gasteiger partial charge < -0.3 is 14.4 Å². The maximum Gasteiger partial charge on any atom is 0.228 e. The third-order valence-corrected chi connectivity index (χ3v) is 5.19. The topological polar surface area (TPSA) is 67.8 Å². The van der Waals surface area contributed by atoms with E-state index in [1.165, 1.54) is 0 Å². The third kappa shape index (κ3) is 4.30. The van der Waals surface area contributed by atoms with Gasteiger partial charge in [-0.05, 0) is 49.2 Å². The second kappa shape index (κ2) is 8.98. The fraction of sp³-hybridized carbons (Fsp3) is 0.348. The van der Waals surface area contributed by atoms with Crippen LogP contribution in [-0.4, -0.2) is 49.7 Å². The largest absolute Gasteiger partial charge is 0.497 e. The lowest BCUT2D eigenvalue weighted by Crippen LogP contribution is -2.32. The van der Waals surface area contributed by atoms with Crippen LogP contribution in [0.5, 0.6) is 11.5 Å². The number of rotatable bonds is 6. The van der Waals surface area contributed by atoms with Gasteiger partial charge in [0, 0.05) is 26.6 Å². The quantitative estimate of drug-likeness (QED) is 0.582. The summed E-state index contributed by atoms with van der Waals surface area (Å²) >= 11 is 0. The summed E-state index contributed by atoms with van der Waals surface area (Å²) in [6.45, 7) is 1.95. The number of fused-ring (bicyclic) bond motifs is 2. The molecule has 0 bridgehead atoms. The minimum Gasteiger partial charge on any atom is -0.497 e. The molecule has 0 unspecified atom stereocenters. The first kappa shape index (κ1) is 19.9. The fourth-order valence-electron chi connectivity index (χ4n) is 3.56. The highest BCUT2D eigenvalue weighted by atomic mass is 16.5. The molecule has 1 aliphatic rings. The van der Waals surface area contributed by atoms with E-state index in [4.69, 9.17) is 19.4 Å². The predicted molar refractivity (Wildman–Crippen MR) is 118 cm³/mol. The Morgan fingerprint density at radius 3 is 2.33 bits per heavy atom. The summed E-state index contributed by atoms with van der Waals surface area (Å²) in [5, 5.41) is 0. The summed E-state index contributed by atoms with van der Waals surface area (Å²) in [6, 6.07) is 15.2. The van der Waals surface area contributed by atoms with Crippen molar-refractivity contribution in [1.29, 1.82) is 0 Å². The van der Waals surface area contributed by atoms with Crippen LogP contribution >= 0.6 is 0 Å². The highest BCUT2D eigenvalue weighted by Crippen LogP contribution is 2.30. The Morgan fingerprint density at radius 2 is 1.63 bits per heavy atom. The molecule has 0 spiro atoms. The summed E-state index contributed by atoms with van der Waals surface area (Å²) in [4.78, 5) is 26.4. The number of anilines is 2. The second-order valence-corrected chi connectivity index (χ2v) is 7.31. The van der Waals surface area contributed by atoms with Crippen LogP contribution in [0.4, 0.5) is 11.6 Å². The average molecular weight is 406 g/mol. The van der Waals surface area contributed by atoms with Crippen LogP contribution in [0.1, 0.15) is 19.3 Å². The number of carbonyl (C=O) groups excluding carboxylic acids is 1. The van der Waals surface area contributed by atoms with E-state index in [0.717, 1.165) is 41.3 Å². The van der Waals surface area contributed by atoms with Gasteiger partial charge in [0.1, 0.15) is 11.5 Å². The zero-order valence-corrected chi connectivity index (χ0v) is 17.4. The molecular formula is C23H26N4O3. The van der Waals surface area contributed by atoms with E-state index in [1.807, 2.05) is 55.6 Å². The van der Waals surface area contributed by atoms with Crippen LogP contribution in [-0.2, 0) is 4.79 Å². The Kier molecular flexibility index (Phi) is 5.97. The van der Waals surface area contributed by atoms with Crippen LogP contribution < -0.4 is 19.3 Å². The van der Waals surface area contributed by atoms with E-state index in [2.05, 4.69) is 4.90 Å². The Hall–Kier alpha value is -3.35. The number of hydrogen-bond acceptors (Lipinski definition) is 6. The zero-order chi connectivity index (χ0) is 20.9. The molecule has 0 saturated heterocycles. The van der Waals surface area contributed by atoms with Crippen molar-refractivity contribution < 1.29 is 14.3 Å². The molecule has 30 heavy (non-hydrogen) atoms. The van der Waals surface area contributed by atoms with Gasteiger partial charge >= 0.3 is 0 Å². The van der Waals surface area contributed by atoms with Gasteiger partial charge in [-0.25, -0.2) is 9.97 Å². The number of hydrogen-bond donors (Lipinski definition) is 0. The van der Waals surface area contributed by atoms with Crippen molar-refractivity contribution >= 4 is 28.6 Å². The fourth-order valence-corrected chi connectivity index (χ4v) is 3.56. The van der Waals surface area contributed by atoms with E-state index in [-0.39, 0.29) is 5.91 Å². The number of carbonyl (C=O) groups is 1. The zero-order valence-electron chi connectivity index (χ0n) is 17.4. The average Bonchev–Trinajstić information content (AvgIpc) is 2.94. The monoisotopic (exact) mass is 406 g/mol. The summed E-state index contributed by atoms with van der Waals surface area (Å²) in [5.41, 5.74) is 1.64. The molecule has 0 atom stereocenters.